The van der Waals surface area contributed by atoms with E-state index in [0.717, 1.165) is 23.6 Å². The third kappa shape index (κ3) is 3.84. The summed E-state index contributed by atoms with van der Waals surface area (Å²) in [5, 5.41) is 0.473. The zero-order valence-corrected chi connectivity index (χ0v) is 11.6. The van der Waals surface area contributed by atoms with Crippen molar-refractivity contribution in [1.29, 1.82) is 0 Å². The van der Waals surface area contributed by atoms with Gasteiger partial charge in [-0.3, -0.25) is 0 Å². The van der Waals surface area contributed by atoms with Crippen molar-refractivity contribution < 1.29 is 31.2 Å². The first-order valence-electron chi connectivity index (χ1n) is 5.83. The molecule has 0 aliphatic heterocycles. The number of halogens is 3. The second-order valence-corrected chi connectivity index (χ2v) is 6.52. The number of aromatic nitrogens is 1. The lowest BCUT2D eigenvalue weighted by molar-refractivity contribution is -0.201. The maximum Gasteiger partial charge on any atom is 0.493 e. The van der Waals surface area contributed by atoms with Crippen molar-refractivity contribution in [2.24, 2.45) is 0 Å². The number of sulfone groups is 1. The number of hydrogen-bond donors (Lipinski definition) is 0. The van der Waals surface area contributed by atoms with Crippen LogP contribution in [-0.2, 0) is 19.5 Å². The number of rotatable bonds is 4. The molecule has 0 atom stereocenters. The van der Waals surface area contributed by atoms with Gasteiger partial charge < -0.3 is 4.84 Å². The van der Waals surface area contributed by atoms with Crippen LogP contribution in [0.1, 0.15) is 12.8 Å². The van der Waals surface area contributed by atoms with Crippen molar-refractivity contribution in [3.63, 3.8) is 0 Å². The molecule has 1 heterocycles. The van der Waals surface area contributed by atoms with Crippen molar-refractivity contribution in [3.8, 4) is 0 Å². The number of hydroxylamine groups is 1. The van der Waals surface area contributed by atoms with Crippen molar-refractivity contribution in [1.82, 2.24) is 4.98 Å². The van der Waals surface area contributed by atoms with Crippen LogP contribution >= 0.6 is 0 Å². The van der Waals surface area contributed by atoms with E-state index in [0.29, 0.717) is 12.8 Å². The molecule has 0 aromatic carbocycles. The highest BCUT2D eigenvalue weighted by atomic mass is 32.2. The molecule has 6 nitrogen and oxygen atoms in total. The number of anilines is 1. The fraction of sp³-hybridized carbons (Fsp3) is 0.455. The Hall–Kier alpha value is -1.84. The van der Waals surface area contributed by atoms with Gasteiger partial charge in [0.2, 0.25) is 0 Å². The average molecular weight is 324 g/mol. The van der Waals surface area contributed by atoms with Gasteiger partial charge >= 0.3 is 12.1 Å². The second-order valence-electron chi connectivity index (χ2n) is 4.56. The highest BCUT2D eigenvalue weighted by Crippen LogP contribution is 2.33. The van der Waals surface area contributed by atoms with Crippen LogP contribution in [0.15, 0.2) is 23.4 Å². The van der Waals surface area contributed by atoms with Gasteiger partial charge in [-0.1, -0.05) is 0 Å². The summed E-state index contributed by atoms with van der Waals surface area (Å²) in [6.07, 6.45) is -1.99. The Labute approximate surface area is 118 Å². The molecule has 0 radical (unpaired) electrons. The molecular weight excluding hydrogens is 313 g/mol. The summed E-state index contributed by atoms with van der Waals surface area (Å²) in [6.45, 7) is 0. The van der Waals surface area contributed by atoms with Crippen LogP contribution in [0.4, 0.5) is 18.9 Å². The molecule has 2 rings (SSSR count). The van der Waals surface area contributed by atoms with Gasteiger partial charge in [0.1, 0.15) is 0 Å². The van der Waals surface area contributed by atoms with E-state index in [9.17, 15) is 26.4 Å². The summed E-state index contributed by atoms with van der Waals surface area (Å²) in [5.41, 5.74) is 0.0329. The van der Waals surface area contributed by atoms with Gasteiger partial charge in [0.05, 0.1) is 11.7 Å². The summed E-state index contributed by atoms with van der Waals surface area (Å²) >= 11 is 0. The Morgan fingerprint density at radius 2 is 2.05 bits per heavy atom. The van der Waals surface area contributed by atoms with E-state index in [1.807, 2.05) is 0 Å². The highest BCUT2D eigenvalue weighted by Gasteiger charge is 2.45. The highest BCUT2D eigenvalue weighted by molar-refractivity contribution is 7.90. The predicted molar refractivity (Wildman–Crippen MR) is 65.0 cm³/mol. The Bertz CT molecular complexity index is 656. The zero-order chi connectivity index (χ0) is 15.8. The van der Waals surface area contributed by atoms with Crippen LogP contribution < -0.4 is 5.06 Å². The van der Waals surface area contributed by atoms with Gasteiger partial charge in [-0.15, -0.1) is 0 Å². The van der Waals surface area contributed by atoms with E-state index >= 15 is 0 Å². The first-order chi connectivity index (χ1) is 9.59. The summed E-state index contributed by atoms with van der Waals surface area (Å²) in [6, 6.07) is 1.94. The van der Waals surface area contributed by atoms with Crippen molar-refractivity contribution in [2.45, 2.75) is 30.1 Å². The maximum atomic E-state index is 12.3. The largest absolute Gasteiger partial charge is 0.493 e. The Balaban J connectivity index is 2.29. The third-order valence-corrected chi connectivity index (χ3v) is 3.63. The molecule has 1 aliphatic rings. The van der Waals surface area contributed by atoms with Gasteiger partial charge in [-0.2, -0.15) is 13.2 Å². The van der Waals surface area contributed by atoms with Gasteiger partial charge in [0, 0.05) is 18.5 Å². The van der Waals surface area contributed by atoms with Crippen LogP contribution in [-0.4, -0.2) is 37.8 Å². The standard InChI is InChI=1S/C11H11F3N2O4S/c1-21(18,19)9-6-8(4-5-15-9)16(7-2-3-7)20-10(17)11(12,13)14/h4-7H,2-3H2,1H3. The quantitative estimate of drug-likeness (QED) is 0.781. The molecule has 0 unspecified atom stereocenters. The number of carbonyl (C=O) groups excluding carboxylic acids is 1. The van der Waals surface area contributed by atoms with Gasteiger partial charge in [0.25, 0.3) is 0 Å². The average Bonchev–Trinajstić information content (AvgIpc) is 3.17. The summed E-state index contributed by atoms with van der Waals surface area (Å²) in [4.78, 5) is 18.9. The molecular formula is C11H11F3N2O4S. The number of carbonyl (C=O) groups is 1. The van der Waals surface area contributed by atoms with Crippen LogP contribution in [0, 0.1) is 0 Å². The maximum absolute atomic E-state index is 12.3. The topological polar surface area (TPSA) is 76.6 Å². The molecule has 0 amide bonds. The van der Waals surface area contributed by atoms with Crippen molar-refractivity contribution >= 4 is 21.5 Å². The Morgan fingerprint density at radius 3 is 2.52 bits per heavy atom. The summed E-state index contributed by atoms with van der Waals surface area (Å²) in [7, 11) is -3.62. The zero-order valence-electron chi connectivity index (χ0n) is 10.8. The molecule has 1 fully saturated rings. The second kappa shape index (κ2) is 5.17. The fourth-order valence-corrected chi connectivity index (χ4v) is 2.11. The van der Waals surface area contributed by atoms with Crippen LogP contribution in [0.3, 0.4) is 0 Å². The Kier molecular flexibility index (Phi) is 3.83. The van der Waals surface area contributed by atoms with E-state index in [2.05, 4.69) is 9.82 Å². The van der Waals surface area contributed by atoms with Crippen molar-refractivity contribution in [3.05, 3.63) is 18.3 Å². The lowest BCUT2D eigenvalue weighted by Gasteiger charge is -2.23. The molecule has 10 heteroatoms. The normalized spacial score (nSPS) is 15.6. The third-order valence-electron chi connectivity index (χ3n) is 2.64. The molecule has 0 saturated heterocycles. The molecule has 0 bridgehead atoms. The number of pyridine rings is 1. The molecule has 0 spiro atoms. The van der Waals surface area contributed by atoms with Crippen LogP contribution in [0.25, 0.3) is 0 Å². The number of nitrogens with zero attached hydrogens (tertiary/aromatic N) is 2. The Morgan fingerprint density at radius 1 is 1.43 bits per heavy atom. The fourth-order valence-electron chi connectivity index (χ4n) is 1.53. The van der Waals surface area contributed by atoms with Crippen LogP contribution in [0.2, 0.25) is 0 Å². The first-order valence-corrected chi connectivity index (χ1v) is 7.72. The van der Waals surface area contributed by atoms with Gasteiger partial charge in [-0.05, 0) is 18.9 Å². The monoisotopic (exact) mass is 324 g/mol. The molecule has 0 N–H and O–H groups in total. The van der Waals surface area contributed by atoms with E-state index in [-0.39, 0.29) is 10.7 Å². The molecule has 1 aliphatic carbocycles. The van der Waals surface area contributed by atoms with E-state index in [4.69, 9.17) is 0 Å². The van der Waals surface area contributed by atoms with E-state index < -0.39 is 28.0 Å². The minimum Gasteiger partial charge on any atom is -0.332 e. The SMILES string of the molecule is CS(=O)(=O)c1cc(N(OC(=O)C(F)(F)F)C2CC2)ccn1. The van der Waals surface area contributed by atoms with Gasteiger partial charge in [-0.25, -0.2) is 23.3 Å². The van der Waals surface area contributed by atoms with Crippen molar-refractivity contribution in [2.75, 3.05) is 11.3 Å². The lowest BCUT2D eigenvalue weighted by Crippen LogP contribution is -2.36. The molecule has 21 heavy (non-hydrogen) atoms. The lowest BCUT2D eigenvalue weighted by atomic mass is 10.4. The minimum atomic E-state index is -5.13. The molecule has 1 aromatic heterocycles. The first kappa shape index (κ1) is 15.5. The van der Waals surface area contributed by atoms with Gasteiger partial charge in [0.15, 0.2) is 14.9 Å². The molecule has 116 valence electrons. The molecule has 1 saturated carbocycles. The van der Waals surface area contributed by atoms with E-state index in [1.165, 1.54) is 6.07 Å². The minimum absolute atomic E-state index is 0.0329. The smallest absolute Gasteiger partial charge is 0.332 e. The predicted octanol–water partition coefficient (Wildman–Crippen LogP) is 1.47. The van der Waals surface area contributed by atoms with E-state index in [1.54, 1.807) is 0 Å². The summed E-state index contributed by atoms with van der Waals surface area (Å²) in [5.74, 6) is -2.35. The molecule has 1 aromatic rings. The summed E-state index contributed by atoms with van der Waals surface area (Å²) < 4.78 is 59.6. The van der Waals surface area contributed by atoms with Crippen LogP contribution in [0.5, 0.6) is 0 Å². The number of hydrogen-bond acceptors (Lipinski definition) is 6. The number of alkyl halides is 3.